The van der Waals surface area contributed by atoms with Gasteiger partial charge in [-0.05, 0) is 36.4 Å². The summed E-state index contributed by atoms with van der Waals surface area (Å²) in [5, 5.41) is 3.01. The largest absolute Gasteiger partial charge is 0.346 e. The van der Waals surface area contributed by atoms with E-state index in [0.717, 1.165) is 66.2 Å². The smallest absolute Gasteiger partial charge is 0.263 e. The summed E-state index contributed by atoms with van der Waals surface area (Å²) in [6.45, 7) is 3.67. The molecule has 1 amide bonds. The van der Waals surface area contributed by atoms with Crippen LogP contribution in [0.15, 0.2) is 54.6 Å². The molecule has 4 aromatic heterocycles. The lowest BCUT2D eigenvalue weighted by molar-refractivity contribution is 0.0527. The highest BCUT2D eigenvalue weighted by Crippen LogP contribution is 2.31. The molecule has 2 saturated heterocycles. The normalized spacial score (nSPS) is 18.5. The van der Waals surface area contributed by atoms with Gasteiger partial charge in [-0.3, -0.25) is 9.69 Å². The van der Waals surface area contributed by atoms with Crippen LogP contribution in [0.1, 0.15) is 22.5 Å². The zero-order valence-electron chi connectivity index (χ0n) is 17.1. The number of carbonyl (C=O) groups is 1. The highest BCUT2D eigenvalue weighted by atomic mass is 32.1. The van der Waals surface area contributed by atoms with Gasteiger partial charge in [0.05, 0.1) is 16.6 Å². The molecule has 0 unspecified atom stereocenters. The number of piperidine rings is 1. The van der Waals surface area contributed by atoms with E-state index in [-0.39, 0.29) is 5.91 Å². The zero-order valence-corrected chi connectivity index (χ0v) is 17.9. The number of nitrogens with one attached hydrogen (secondary N) is 1. The predicted octanol–water partition coefficient (Wildman–Crippen LogP) is 3.49. The van der Waals surface area contributed by atoms with E-state index in [4.69, 9.17) is 0 Å². The van der Waals surface area contributed by atoms with Crippen molar-refractivity contribution in [3.05, 3.63) is 65.5 Å². The summed E-state index contributed by atoms with van der Waals surface area (Å²) >= 11 is 1.53. The molecule has 0 saturated carbocycles. The Morgan fingerprint density at radius 3 is 2.81 bits per heavy atom. The Labute approximate surface area is 184 Å². The molecule has 0 spiro atoms. The number of rotatable bonds is 4. The van der Waals surface area contributed by atoms with Crippen LogP contribution in [-0.4, -0.2) is 67.4 Å². The third-order valence-electron chi connectivity index (χ3n) is 6.46. The molecule has 157 valence electrons. The number of aromatic nitrogens is 4. The average Bonchev–Trinajstić information content (AvgIpc) is 3.54. The summed E-state index contributed by atoms with van der Waals surface area (Å²) in [5.41, 5.74) is 2.94. The van der Waals surface area contributed by atoms with E-state index < -0.39 is 0 Å². The number of thiophene rings is 1. The summed E-state index contributed by atoms with van der Waals surface area (Å²) in [6, 6.07) is 9.98. The van der Waals surface area contributed by atoms with Gasteiger partial charge in [0, 0.05) is 61.8 Å². The fourth-order valence-electron chi connectivity index (χ4n) is 4.67. The summed E-state index contributed by atoms with van der Waals surface area (Å²) in [6.07, 6.45) is 9.91. The van der Waals surface area contributed by atoms with Gasteiger partial charge in [-0.1, -0.05) is 6.07 Å². The Bertz CT molecular complexity index is 1200. The fourth-order valence-corrected chi connectivity index (χ4v) is 5.36. The molecule has 2 aliphatic rings. The Morgan fingerprint density at radius 2 is 2.00 bits per heavy atom. The van der Waals surface area contributed by atoms with Gasteiger partial charge in [0.15, 0.2) is 0 Å². The number of carbonyl (C=O) groups excluding carboxylic acids is 1. The quantitative estimate of drug-likeness (QED) is 0.537. The van der Waals surface area contributed by atoms with Gasteiger partial charge in [-0.15, -0.1) is 11.3 Å². The van der Waals surface area contributed by atoms with Crippen LogP contribution in [-0.2, 0) is 0 Å². The number of nitrogens with zero attached hydrogens (tertiary/aromatic N) is 5. The first kappa shape index (κ1) is 18.8. The maximum atomic E-state index is 12.5. The van der Waals surface area contributed by atoms with Crippen LogP contribution < -0.4 is 0 Å². The number of hydrogen-bond donors (Lipinski definition) is 1. The second-order valence-electron chi connectivity index (χ2n) is 8.24. The first-order chi connectivity index (χ1) is 15.3. The van der Waals surface area contributed by atoms with Gasteiger partial charge in [0.1, 0.15) is 12.0 Å². The van der Waals surface area contributed by atoms with Gasteiger partial charge in [-0.25, -0.2) is 9.97 Å². The van der Waals surface area contributed by atoms with Crippen molar-refractivity contribution in [1.29, 1.82) is 0 Å². The number of fused-ring (bicyclic) bond motifs is 1. The minimum Gasteiger partial charge on any atom is -0.346 e. The van der Waals surface area contributed by atoms with Crippen LogP contribution >= 0.6 is 11.3 Å². The van der Waals surface area contributed by atoms with E-state index in [1.165, 1.54) is 17.4 Å². The molecule has 2 fully saturated rings. The van der Waals surface area contributed by atoms with E-state index in [1.54, 1.807) is 6.33 Å². The Kier molecular flexibility index (Phi) is 4.61. The van der Waals surface area contributed by atoms with Crippen molar-refractivity contribution in [1.82, 2.24) is 29.3 Å². The predicted molar refractivity (Wildman–Crippen MR) is 121 cm³/mol. The number of aromatic amines is 1. The molecule has 7 nitrogen and oxygen atoms in total. The second kappa shape index (κ2) is 7.62. The zero-order chi connectivity index (χ0) is 20.8. The molecule has 31 heavy (non-hydrogen) atoms. The molecule has 1 N–H and O–H groups in total. The van der Waals surface area contributed by atoms with E-state index >= 15 is 0 Å². The molecule has 0 atom stereocenters. The van der Waals surface area contributed by atoms with Crippen molar-refractivity contribution in [2.45, 2.75) is 18.9 Å². The van der Waals surface area contributed by atoms with Crippen LogP contribution in [0.3, 0.4) is 0 Å². The lowest BCUT2D eigenvalue weighted by Gasteiger charge is -2.47. The first-order valence-corrected chi connectivity index (χ1v) is 11.5. The molecular weight excluding hydrogens is 408 g/mol. The van der Waals surface area contributed by atoms with Gasteiger partial charge >= 0.3 is 0 Å². The summed E-state index contributed by atoms with van der Waals surface area (Å²) in [7, 11) is 0. The van der Waals surface area contributed by atoms with Crippen molar-refractivity contribution < 1.29 is 4.79 Å². The van der Waals surface area contributed by atoms with Crippen molar-refractivity contribution >= 4 is 28.3 Å². The fraction of sp³-hybridized carbons (Fsp3) is 0.304. The number of H-pyrrole nitrogens is 1. The molecular formula is C23H23N6OS. The molecule has 6 heterocycles. The molecule has 0 bridgehead atoms. The minimum atomic E-state index is 0.186. The van der Waals surface area contributed by atoms with Crippen LogP contribution in [0, 0.1) is 6.04 Å². The maximum Gasteiger partial charge on any atom is 0.263 e. The highest BCUT2D eigenvalue weighted by Gasteiger charge is 2.36. The monoisotopic (exact) mass is 431 g/mol. The summed E-state index contributed by atoms with van der Waals surface area (Å²) in [4.78, 5) is 29.9. The standard InChI is InChI=1S/C23H23N6OS/c30-23(20-2-1-11-31-20)27-9-5-17(6-10-27)29-13-18(14-29)28-8-4-16(12-28)21-19-3-7-24-22(19)26-15-25-21/h1-4,7-8,11-12,15,17H,5-6,9-10,13-14H2,(H,24,25,26). The number of hydrogen-bond acceptors (Lipinski definition) is 5. The highest BCUT2D eigenvalue weighted by molar-refractivity contribution is 7.12. The molecule has 1 radical (unpaired) electrons. The molecule has 4 aromatic rings. The lowest BCUT2D eigenvalue weighted by atomic mass is 9.97. The molecule has 0 aromatic carbocycles. The molecule has 0 aliphatic carbocycles. The van der Waals surface area contributed by atoms with Crippen molar-refractivity contribution in [3.63, 3.8) is 0 Å². The Balaban J connectivity index is 1.06. The minimum absolute atomic E-state index is 0.186. The van der Waals surface area contributed by atoms with Crippen LogP contribution in [0.2, 0.25) is 0 Å². The van der Waals surface area contributed by atoms with Crippen molar-refractivity contribution in [3.8, 4) is 11.3 Å². The van der Waals surface area contributed by atoms with E-state index in [9.17, 15) is 4.79 Å². The van der Waals surface area contributed by atoms with E-state index in [1.807, 2.05) is 34.7 Å². The van der Waals surface area contributed by atoms with Crippen LogP contribution in [0.25, 0.3) is 22.3 Å². The summed E-state index contributed by atoms with van der Waals surface area (Å²) in [5.74, 6) is 0.186. The van der Waals surface area contributed by atoms with Gasteiger partial charge in [0.25, 0.3) is 5.91 Å². The third kappa shape index (κ3) is 3.36. The van der Waals surface area contributed by atoms with Gasteiger partial charge in [-0.2, -0.15) is 0 Å². The number of amides is 1. The van der Waals surface area contributed by atoms with Gasteiger partial charge < -0.3 is 14.5 Å². The molecule has 8 heteroatoms. The average molecular weight is 432 g/mol. The van der Waals surface area contributed by atoms with E-state index in [0.29, 0.717) is 6.04 Å². The van der Waals surface area contributed by atoms with Crippen molar-refractivity contribution in [2.24, 2.45) is 0 Å². The molecule has 6 rings (SSSR count). The van der Waals surface area contributed by atoms with Gasteiger partial charge in [0.2, 0.25) is 0 Å². The second-order valence-corrected chi connectivity index (χ2v) is 9.19. The first-order valence-electron chi connectivity index (χ1n) is 10.6. The van der Waals surface area contributed by atoms with E-state index in [2.05, 4.69) is 42.9 Å². The number of likely N-dealkylation sites (tertiary alicyclic amines) is 2. The van der Waals surface area contributed by atoms with Crippen molar-refractivity contribution in [2.75, 3.05) is 26.2 Å². The Morgan fingerprint density at radius 1 is 1.13 bits per heavy atom. The summed E-state index contributed by atoms with van der Waals surface area (Å²) < 4.78 is 2.24. The third-order valence-corrected chi connectivity index (χ3v) is 7.31. The lowest BCUT2D eigenvalue weighted by Crippen LogP contribution is -2.56. The SMILES string of the molecule is O=C(c1cccs1)N1CCC(N2C[C](n3ccc(-c4ncnc5[nH]ccc45)c3)C2)CC1. The maximum absolute atomic E-state index is 12.5. The van der Waals surface area contributed by atoms with Crippen LogP contribution in [0.4, 0.5) is 0 Å². The molecule has 2 aliphatic heterocycles. The van der Waals surface area contributed by atoms with Crippen LogP contribution in [0.5, 0.6) is 0 Å². The topological polar surface area (TPSA) is 70.1 Å². The Hall–Kier alpha value is -2.97.